The Morgan fingerprint density at radius 1 is 1.05 bits per heavy atom. The Bertz CT molecular complexity index is 1170. The van der Waals surface area contributed by atoms with Crippen LogP contribution in [-0.4, -0.2) is 31.6 Å². The second kappa shape index (κ2) is 11.1. The summed E-state index contributed by atoms with van der Waals surface area (Å²) in [4.78, 5) is 5.45. The largest absolute Gasteiger partial charge is 0.410 e. The van der Waals surface area contributed by atoms with Crippen molar-refractivity contribution in [1.82, 2.24) is 4.98 Å². The van der Waals surface area contributed by atoms with E-state index in [-0.39, 0.29) is 22.0 Å². The van der Waals surface area contributed by atoms with Gasteiger partial charge in [-0.2, -0.15) is 0 Å². The summed E-state index contributed by atoms with van der Waals surface area (Å²) in [6, 6.07) is 8.52. The van der Waals surface area contributed by atoms with Crippen LogP contribution in [-0.2, 0) is 21.0 Å². The molecule has 1 N–H and O–H groups in total. The highest BCUT2D eigenvalue weighted by Crippen LogP contribution is 2.50. The van der Waals surface area contributed by atoms with E-state index in [0.717, 1.165) is 59.3 Å². The van der Waals surface area contributed by atoms with Crippen molar-refractivity contribution in [3.8, 4) is 0 Å². The van der Waals surface area contributed by atoms with Crippen molar-refractivity contribution >= 4 is 30.9 Å². The molecule has 2 heterocycles. The first-order valence-electron chi connectivity index (χ1n) is 14.7. The third-order valence-electron chi connectivity index (χ3n) is 9.24. The Balaban J connectivity index is 1.88. The zero-order valence-electron chi connectivity index (χ0n) is 25.9. The first-order valence-corrected chi connectivity index (χ1v) is 18.7. The Morgan fingerprint density at radius 3 is 2.18 bits per heavy atom. The highest BCUT2D eigenvalue weighted by atomic mass is 127. The molecular formula is C33H50INO3Si. The minimum absolute atomic E-state index is 0.0120. The fourth-order valence-corrected chi connectivity index (χ4v) is 8.24. The Labute approximate surface area is 252 Å². The summed E-state index contributed by atoms with van der Waals surface area (Å²) in [5, 5.41) is 12.1. The number of halogens is 1. The predicted molar refractivity (Wildman–Crippen MR) is 172 cm³/mol. The van der Waals surface area contributed by atoms with Gasteiger partial charge in [-0.3, -0.25) is 4.98 Å². The molecular weight excluding hydrogens is 613 g/mol. The summed E-state index contributed by atoms with van der Waals surface area (Å²) >= 11 is 2.51. The fourth-order valence-electron chi connectivity index (χ4n) is 5.75. The van der Waals surface area contributed by atoms with Crippen LogP contribution in [0.25, 0.3) is 0 Å². The minimum atomic E-state index is -2.04. The fraction of sp³-hybridized carbons (Fsp3) is 0.667. The molecule has 0 saturated carbocycles. The molecule has 4 nitrogen and oxygen atoms in total. The van der Waals surface area contributed by atoms with Gasteiger partial charge in [0, 0.05) is 39.5 Å². The maximum atomic E-state index is 12.0. The maximum Gasteiger partial charge on any atom is 0.192 e. The van der Waals surface area contributed by atoms with Crippen LogP contribution >= 0.6 is 22.6 Å². The molecule has 1 aliphatic heterocycles. The average molecular weight is 664 g/mol. The molecule has 0 radical (unpaired) electrons. The summed E-state index contributed by atoms with van der Waals surface area (Å²) in [5.41, 5.74) is 6.80. The number of nitrogens with zero attached hydrogens (tertiary/aromatic N) is 1. The van der Waals surface area contributed by atoms with E-state index in [2.05, 4.69) is 115 Å². The van der Waals surface area contributed by atoms with Crippen molar-refractivity contribution in [2.75, 3.05) is 13.2 Å². The van der Waals surface area contributed by atoms with E-state index in [1.165, 1.54) is 16.8 Å². The van der Waals surface area contributed by atoms with Crippen molar-refractivity contribution < 1.29 is 14.3 Å². The van der Waals surface area contributed by atoms with Crippen LogP contribution in [0, 0.1) is 8.99 Å². The minimum Gasteiger partial charge on any atom is -0.410 e. The van der Waals surface area contributed by atoms with E-state index in [4.69, 9.17) is 14.1 Å². The van der Waals surface area contributed by atoms with Crippen LogP contribution in [0.5, 0.6) is 0 Å². The van der Waals surface area contributed by atoms with Crippen LogP contribution in [0.3, 0.4) is 0 Å². The van der Waals surface area contributed by atoms with Gasteiger partial charge in [-0.05, 0) is 88.4 Å². The van der Waals surface area contributed by atoms with Gasteiger partial charge in [-0.15, -0.1) is 0 Å². The van der Waals surface area contributed by atoms with Gasteiger partial charge in [0.15, 0.2) is 8.32 Å². The Hall–Kier alpha value is -0.803. The quantitative estimate of drug-likeness (QED) is 0.256. The number of fused-ring (bicyclic) bond motifs is 1. The van der Waals surface area contributed by atoms with Gasteiger partial charge in [0.1, 0.15) is 6.10 Å². The summed E-state index contributed by atoms with van der Waals surface area (Å²) in [5.74, 6) is 0.292. The Kier molecular flexibility index (Phi) is 8.88. The lowest BCUT2D eigenvalue weighted by Crippen LogP contribution is -2.44. The van der Waals surface area contributed by atoms with Crippen LogP contribution in [0.4, 0.5) is 0 Å². The number of hydrogen-bond donors (Lipinski definition) is 1. The highest BCUT2D eigenvalue weighted by molar-refractivity contribution is 14.1. The van der Waals surface area contributed by atoms with Crippen LogP contribution in [0.1, 0.15) is 126 Å². The highest BCUT2D eigenvalue weighted by Gasteiger charge is 2.44. The summed E-state index contributed by atoms with van der Waals surface area (Å²) in [6.07, 6.45) is 3.04. The number of hydrogen-bond acceptors (Lipinski definition) is 4. The molecule has 0 spiro atoms. The molecule has 6 heteroatoms. The second-order valence-electron chi connectivity index (χ2n) is 15.2. The van der Waals surface area contributed by atoms with E-state index >= 15 is 0 Å². The third kappa shape index (κ3) is 6.66. The number of aliphatic hydroxyl groups excluding tert-OH is 1. The molecule has 39 heavy (non-hydrogen) atoms. The molecule has 1 aromatic carbocycles. The van der Waals surface area contributed by atoms with Gasteiger partial charge in [-0.25, -0.2) is 0 Å². The zero-order chi connectivity index (χ0) is 29.0. The van der Waals surface area contributed by atoms with Gasteiger partial charge in [0.05, 0.1) is 11.8 Å². The molecule has 1 aliphatic carbocycles. The molecule has 0 unspecified atom stereocenters. The van der Waals surface area contributed by atoms with Crippen LogP contribution in [0.15, 0.2) is 24.3 Å². The van der Waals surface area contributed by atoms with Crippen LogP contribution in [0.2, 0.25) is 18.1 Å². The lowest BCUT2D eigenvalue weighted by molar-refractivity contribution is 0.0827. The molecule has 4 rings (SSSR count). The number of pyridine rings is 1. The van der Waals surface area contributed by atoms with E-state index < -0.39 is 14.4 Å². The van der Waals surface area contributed by atoms with E-state index in [1.54, 1.807) is 0 Å². The molecule has 2 atom stereocenters. The number of aliphatic hydroxyl groups is 1. The van der Waals surface area contributed by atoms with Gasteiger partial charge >= 0.3 is 0 Å². The first kappa shape index (κ1) is 31.1. The number of benzene rings is 1. The van der Waals surface area contributed by atoms with Gasteiger partial charge < -0.3 is 14.3 Å². The molecule has 2 aromatic rings. The Morgan fingerprint density at radius 2 is 1.64 bits per heavy atom. The normalized spacial score (nSPS) is 21.5. The van der Waals surface area contributed by atoms with Crippen molar-refractivity contribution in [3.63, 3.8) is 0 Å². The second-order valence-corrected chi connectivity index (χ2v) is 21.0. The van der Waals surface area contributed by atoms with Crippen molar-refractivity contribution in [2.45, 2.75) is 123 Å². The van der Waals surface area contributed by atoms with Crippen molar-refractivity contribution in [3.05, 3.63) is 61.5 Å². The summed E-state index contributed by atoms with van der Waals surface area (Å²) in [6.45, 7) is 24.5. The number of aromatic nitrogens is 1. The standard InChI is InChI=1S/C33H50INO3Si/c1-31(2,3)23-13-11-22(12-14-23)30(36)27-28(34)26-24(35-29(27)21-15-17-37-18-16-21)19-33(7,8)20-25(26)38-39(9,10)32(4,5)6/h11-14,21,25,30,36H,15-20H2,1-10H3/t25-,30+/m0/s1. The van der Waals surface area contributed by atoms with Gasteiger partial charge in [-0.1, -0.05) is 79.7 Å². The van der Waals surface area contributed by atoms with Gasteiger partial charge in [0.2, 0.25) is 0 Å². The van der Waals surface area contributed by atoms with Gasteiger partial charge in [0.25, 0.3) is 0 Å². The molecule has 0 bridgehead atoms. The lowest BCUT2D eigenvalue weighted by atomic mass is 9.74. The van der Waals surface area contributed by atoms with Crippen molar-refractivity contribution in [2.24, 2.45) is 5.41 Å². The van der Waals surface area contributed by atoms with E-state index in [0.29, 0.717) is 5.92 Å². The first-order chi connectivity index (χ1) is 17.9. The molecule has 0 amide bonds. The predicted octanol–water partition coefficient (Wildman–Crippen LogP) is 8.99. The van der Waals surface area contributed by atoms with Crippen molar-refractivity contribution in [1.29, 1.82) is 0 Å². The van der Waals surface area contributed by atoms with E-state index in [9.17, 15) is 5.11 Å². The maximum absolute atomic E-state index is 12.0. The third-order valence-corrected chi connectivity index (χ3v) is 14.9. The molecule has 1 aromatic heterocycles. The summed E-state index contributed by atoms with van der Waals surface area (Å²) < 4.78 is 14.0. The molecule has 1 saturated heterocycles. The number of rotatable bonds is 5. The van der Waals surface area contributed by atoms with Crippen LogP contribution < -0.4 is 0 Å². The average Bonchev–Trinajstić information content (AvgIpc) is 2.81. The molecule has 1 fully saturated rings. The van der Waals surface area contributed by atoms with E-state index in [1.807, 2.05) is 0 Å². The lowest BCUT2D eigenvalue weighted by Gasteiger charge is -2.45. The SMILES string of the molecule is CC1(C)Cc2nc(C3CCOCC3)c([C@H](O)c3ccc(C(C)(C)C)cc3)c(I)c2[C@@H](O[Si](C)(C)C(C)(C)C)C1. The smallest absolute Gasteiger partial charge is 0.192 e. The molecule has 2 aliphatic rings. The molecule has 216 valence electrons. The topological polar surface area (TPSA) is 51.6 Å². The summed E-state index contributed by atoms with van der Waals surface area (Å²) in [7, 11) is -2.04. The monoisotopic (exact) mass is 663 g/mol. The number of ether oxygens (including phenoxy) is 1. The zero-order valence-corrected chi connectivity index (χ0v) is 29.0.